The second-order valence-electron chi connectivity index (χ2n) is 8.31. The number of ether oxygens (including phenoxy) is 3. The number of hydrogen-bond acceptors (Lipinski definition) is 7. The van der Waals surface area contributed by atoms with Crippen LogP contribution in [-0.4, -0.2) is 49.3 Å². The number of nitrogens with one attached hydrogen (secondary N) is 1. The van der Waals surface area contributed by atoms with E-state index in [9.17, 15) is 9.59 Å². The van der Waals surface area contributed by atoms with Gasteiger partial charge in [0, 0.05) is 12.2 Å². The normalized spacial score (nSPS) is 15.2. The molecule has 2 amide bonds. The highest BCUT2D eigenvalue weighted by Crippen LogP contribution is 2.36. The summed E-state index contributed by atoms with van der Waals surface area (Å²) in [5.41, 5.74) is 3.20. The number of methoxy groups -OCH3 is 2. The number of para-hydroxylation sites is 1. The Morgan fingerprint density at radius 2 is 1.79 bits per heavy atom. The number of carbonyl (C=O) groups is 2. The van der Waals surface area contributed by atoms with Crippen LogP contribution in [0, 0.1) is 6.92 Å². The third-order valence-electron chi connectivity index (χ3n) is 5.76. The minimum absolute atomic E-state index is 0.114. The van der Waals surface area contributed by atoms with E-state index >= 15 is 0 Å². The van der Waals surface area contributed by atoms with E-state index in [4.69, 9.17) is 14.2 Å². The van der Waals surface area contributed by atoms with Gasteiger partial charge in [0.1, 0.15) is 5.75 Å². The molecule has 1 aliphatic heterocycles. The molecule has 3 aromatic carbocycles. The molecule has 0 spiro atoms. The Morgan fingerprint density at radius 1 is 1.03 bits per heavy atom. The number of hydrogen-bond donors (Lipinski definition) is 1. The summed E-state index contributed by atoms with van der Waals surface area (Å²) in [5.74, 6) is 1.24. The van der Waals surface area contributed by atoms with Crippen molar-refractivity contribution in [1.82, 2.24) is 4.90 Å². The first-order valence-electron chi connectivity index (χ1n) is 12.0. The predicted molar refractivity (Wildman–Crippen MR) is 151 cm³/mol. The summed E-state index contributed by atoms with van der Waals surface area (Å²) in [6.07, 6.45) is 1.80. The van der Waals surface area contributed by atoms with Crippen LogP contribution >= 0.6 is 11.8 Å². The van der Waals surface area contributed by atoms with Gasteiger partial charge < -0.3 is 19.5 Å². The van der Waals surface area contributed by atoms with Crippen LogP contribution < -0.4 is 19.5 Å². The van der Waals surface area contributed by atoms with Gasteiger partial charge in [-0.1, -0.05) is 24.3 Å². The van der Waals surface area contributed by atoms with Gasteiger partial charge in [0.15, 0.2) is 23.3 Å². The van der Waals surface area contributed by atoms with Crippen LogP contribution in [0.3, 0.4) is 0 Å². The Morgan fingerprint density at radius 3 is 2.47 bits per heavy atom. The van der Waals surface area contributed by atoms with Crippen LogP contribution in [0.2, 0.25) is 0 Å². The number of thioether (sulfide) groups is 1. The standard InChI is InChI=1S/C29H29N3O5S/c1-5-32-28(34)26(38-29(32)30-21-11-13-22(35-3)14-12-21)17-20-10-15-24(25(16-20)36-4)37-18-27(33)31-23-9-7-6-8-19(23)2/h6-17H,5,18H2,1-4H3,(H,31,33)/b26-17-,30-29?. The van der Waals surface area contributed by atoms with Crippen LogP contribution in [0.25, 0.3) is 6.08 Å². The lowest BCUT2D eigenvalue weighted by atomic mass is 10.2. The van der Waals surface area contributed by atoms with Crippen molar-refractivity contribution in [1.29, 1.82) is 0 Å². The molecular weight excluding hydrogens is 502 g/mol. The summed E-state index contributed by atoms with van der Waals surface area (Å²) >= 11 is 1.32. The van der Waals surface area contributed by atoms with Gasteiger partial charge in [0.05, 0.1) is 24.8 Å². The van der Waals surface area contributed by atoms with Gasteiger partial charge in [-0.05, 0) is 85.3 Å². The zero-order chi connectivity index (χ0) is 27.1. The average molecular weight is 532 g/mol. The molecule has 0 aromatic heterocycles. The largest absolute Gasteiger partial charge is 0.497 e. The molecule has 4 rings (SSSR count). The van der Waals surface area contributed by atoms with E-state index in [-0.39, 0.29) is 18.4 Å². The van der Waals surface area contributed by atoms with Crippen molar-refractivity contribution < 1.29 is 23.8 Å². The quantitative estimate of drug-likeness (QED) is 0.359. The van der Waals surface area contributed by atoms with Crippen molar-refractivity contribution in [3.8, 4) is 17.2 Å². The van der Waals surface area contributed by atoms with Crippen molar-refractivity contribution in [2.75, 3.05) is 32.7 Å². The molecular formula is C29H29N3O5S. The minimum Gasteiger partial charge on any atom is -0.497 e. The Bertz CT molecular complexity index is 1390. The highest BCUT2D eigenvalue weighted by molar-refractivity contribution is 8.18. The number of carbonyl (C=O) groups excluding carboxylic acids is 2. The van der Waals surface area contributed by atoms with Crippen LogP contribution in [0.4, 0.5) is 11.4 Å². The van der Waals surface area contributed by atoms with E-state index < -0.39 is 0 Å². The van der Waals surface area contributed by atoms with Gasteiger partial charge in [-0.3, -0.25) is 14.5 Å². The number of benzene rings is 3. The van der Waals surface area contributed by atoms with Gasteiger partial charge in [0.25, 0.3) is 11.8 Å². The number of nitrogens with zero attached hydrogens (tertiary/aromatic N) is 2. The maximum Gasteiger partial charge on any atom is 0.266 e. The zero-order valence-electron chi connectivity index (χ0n) is 21.7. The van der Waals surface area contributed by atoms with Crippen molar-refractivity contribution in [2.24, 2.45) is 4.99 Å². The maximum atomic E-state index is 13.1. The second kappa shape index (κ2) is 12.3. The van der Waals surface area contributed by atoms with Crippen LogP contribution in [0.1, 0.15) is 18.1 Å². The van der Waals surface area contributed by atoms with Crippen molar-refractivity contribution in [3.05, 3.63) is 82.8 Å². The smallest absolute Gasteiger partial charge is 0.266 e. The third-order valence-corrected chi connectivity index (χ3v) is 6.77. The molecule has 0 saturated carbocycles. The predicted octanol–water partition coefficient (Wildman–Crippen LogP) is 5.65. The fourth-order valence-electron chi connectivity index (χ4n) is 3.72. The van der Waals surface area contributed by atoms with Crippen LogP contribution in [0.15, 0.2) is 76.6 Å². The number of aliphatic imine (C=N–C) groups is 1. The molecule has 1 saturated heterocycles. The molecule has 0 radical (unpaired) electrons. The van der Waals surface area contributed by atoms with Gasteiger partial charge in [-0.25, -0.2) is 4.99 Å². The van der Waals surface area contributed by atoms with Crippen molar-refractivity contribution in [2.45, 2.75) is 13.8 Å². The average Bonchev–Trinajstić information content (AvgIpc) is 3.22. The van der Waals surface area contributed by atoms with E-state index in [0.29, 0.717) is 28.1 Å². The highest BCUT2D eigenvalue weighted by atomic mass is 32.2. The Labute approximate surface area is 226 Å². The third kappa shape index (κ3) is 6.36. The van der Waals surface area contributed by atoms with E-state index in [1.54, 1.807) is 30.2 Å². The number of likely N-dealkylation sites (N-methyl/N-ethyl adjacent to an activating group) is 1. The number of anilines is 1. The fraction of sp³-hybridized carbons (Fsp3) is 0.207. The number of aryl methyl sites for hydroxylation is 1. The summed E-state index contributed by atoms with van der Waals surface area (Å²) < 4.78 is 16.4. The molecule has 8 nitrogen and oxygen atoms in total. The fourth-order valence-corrected chi connectivity index (χ4v) is 4.79. The monoisotopic (exact) mass is 531 g/mol. The molecule has 1 N–H and O–H groups in total. The molecule has 1 aliphatic rings. The van der Waals surface area contributed by atoms with Gasteiger partial charge in [-0.2, -0.15) is 0 Å². The molecule has 9 heteroatoms. The molecule has 196 valence electrons. The van der Waals surface area contributed by atoms with Gasteiger partial charge in [-0.15, -0.1) is 0 Å². The first kappa shape index (κ1) is 26.8. The van der Waals surface area contributed by atoms with Crippen LogP contribution in [0.5, 0.6) is 17.2 Å². The Balaban J connectivity index is 1.47. The van der Waals surface area contributed by atoms with Gasteiger partial charge >= 0.3 is 0 Å². The number of rotatable bonds is 9. The van der Waals surface area contributed by atoms with Crippen molar-refractivity contribution in [3.63, 3.8) is 0 Å². The summed E-state index contributed by atoms with van der Waals surface area (Å²) in [4.78, 5) is 32.3. The molecule has 0 unspecified atom stereocenters. The number of amides is 2. The molecule has 0 atom stereocenters. The topological polar surface area (TPSA) is 89.5 Å². The molecule has 3 aromatic rings. The first-order valence-corrected chi connectivity index (χ1v) is 12.8. The molecule has 38 heavy (non-hydrogen) atoms. The Hall–Kier alpha value is -4.24. The lowest BCUT2D eigenvalue weighted by Crippen LogP contribution is -2.28. The second-order valence-corrected chi connectivity index (χ2v) is 9.32. The van der Waals surface area contributed by atoms with Crippen LogP contribution in [-0.2, 0) is 9.59 Å². The van der Waals surface area contributed by atoms with E-state index in [2.05, 4.69) is 10.3 Å². The van der Waals surface area contributed by atoms with E-state index in [1.807, 2.05) is 68.4 Å². The van der Waals surface area contributed by atoms with Crippen molar-refractivity contribution >= 4 is 46.2 Å². The first-order chi connectivity index (χ1) is 18.4. The maximum absolute atomic E-state index is 13.1. The lowest BCUT2D eigenvalue weighted by molar-refractivity contribution is -0.122. The molecule has 0 bridgehead atoms. The highest BCUT2D eigenvalue weighted by Gasteiger charge is 2.32. The minimum atomic E-state index is -0.274. The molecule has 1 heterocycles. The van der Waals surface area contributed by atoms with E-state index in [0.717, 1.165) is 28.3 Å². The van der Waals surface area contributed by atoms with E-state index in [1.165, 1.54) is 18.9 Å². The summed E-state index contributed by atoms with van der Waals surface area (Å²) in [6.45, 7) is 4.16. The molecule has 0 aliphatic carbocycles. The zero-order valence-corrected chi connectivity index (χ0v) is 22.5. The number of amidine groups is 1. The summed E-state index contributed by atoms with van der Waals surface area (Å²) in [6, 6.07) is 20.2. The summed E-state index contributed by atoms with van der Waals surface area (Å²) in [7, 11) is 3.14. The lowest BCUT2D eigenvalue weighted by Gasteiger charge is -2.12. The van der Waals surface area contributed by atoms with Gasteiger partial charge in [0.2, 0.25) is 0 Å². The SMILES string of the molecule is CCN1C(=O)/C(=C/c2ccc(OCC(=O)Nc3ccccc3C)c(OC)c2)SC1=Nc1ccc(OC)cc1. The summed E-state index contributed by atoms with van der Waals surface area (Å²) in [5, 5.41) is 3.45. The molecule has 1 fully saturated rings. The Kier molecular flexibility index (Phi) is 8.70.